The van der Waals surface area contributed by atoms with E-state index < -0.39 is 10.8 Å². The van der Waals surface area contributed by atoms with Gasteiger partial charge in [-0.1, -0.05) is 12.1 Å². The van der Waals surface area contributed by atoms with E-state index in [9.17, 15) is 14.9 Å². The average molecular weight is 419 g/mol. The molecule has 0 spiro atoms. The van der Waals surface area contributed by atoms with Gasteiger partial charge in [-0.25, -0.2) is 4.98 Å². The minimum Gasteiger partial charge on any atom is -0.495 e. The van der Waals surface area contributed by atoms with Crippen molar-refractivity contribution in [1.29, 1.82) is 0 Å². The Kier molecular flexibility index (Phi) is 5.48. The Morgan fingerprint density at radius 1 is 1.13 bits per heavy atom. The number of amides is 1. The number of hydrogen-bond acceptors (Lipinski definition) is 7. The molecule has 1 aromatic heterocycles. The van der Waals surface area contributed by atoms with Gasteiger partial charge in [0, 0.05) is 17.7 Å². The number of para-hydroxylation sites is 2. The Morgan fingerprint density at radius 2 is 1.90 bits per heavy atom. The van der Waals surface area contributed by atoms with Crippen LogP contribution in [-0.2, 0) is 4.79 Å². The van der Waals surface area contributed by atoms with Gasteiger partial charge >= 0.3 is 0 Å². The highest BCUT2D eigenvalue weighted by molar-refractivity contribution is 5.94. The minimum atomic E-state index is -0.507. The van der Waals surface area contributed by atoms with Crippen molar-refractivity contribution in [2.24, 2.45) is 0 Å². The molecular formula is C22H17N3O6. The topological polar surface area (TPSA) is 117 Å². The van der Waals surface area contributed by atoms with Gasteiger partial charge < -0.3 is 19.2 Å². The van der Waals surface area contributed by atoms with Crippen molar-refractivity contribution in [2.45, 2.75) is 0 Å². The number of benzene rings is 3. The number of methoxy groups -OCH3 is 1. The highest BCUT2D eigenvalue weighted by atomic mass is 16.6. The fourth-order valence-electron chi connectivity index (χ4n) is 2.93. The van der Waals surface area contributed by atoms with Gasteiger partial charge in [-0.2, -0.15) is 0 Å². The maximum absolute atomic E-state index is 12.4. The third kappa shape index (κ3) is 4.45. The van der Waals surface area contributed by atoms with Crippen molar-refractivity contribution >= 4 is 28.4 Å². The first-order chi connectivity index (χ1) is 15.0. The van der Waals surface area contributed by atoms with Crippen LogP contribution in [0.25, 0.3) is 22.6 Å². The van der Waals surface area contributed by atoms with E-state index in [4.69, 9.17) is 13.9 Å². The normalized spacial score (nSPS) is 10.6. The molecule has 3 aromatic carbocycles. The van der Waals surface area contributed by atoms with Gasteiger partial charge in [-0.15, -0.1) is 0 Å². The maximum Gasteiger partial charge on any atom is 0.269 e. The lowest BCUT2D eigenvalue weighted by molar-refractivity contribution is -0.384. The summed E-state index contributed by atoms with van der Waals surface area (Å²) in [4.78, 5) is 27.0. The molecule has 9 heteroatoms. The number of aromatic nitrogens is 1. The summed E-state index contributed by atoms with van der Waals surface area (Å²) in [6.07, 6.45) is 0. The first kappa shape index (κ1) is 19.9. The Bertz CT molecular complexity index is 1220. The van der Waals surface area contributed by atoms with Crippen LogP contribution in [0, 0.1) is 10.1 Å². The molecule has 1 N–H and O–H groups in total. The molecule has 0 radical (unpaired) electrons. The first-order valence-corrected chi connectivity index (χ1v) is 9.24. The average Bonchev–Trinajstić information content (AvgIpc) is 3.22. The zero-order valence-electron chi connectivity index (χ0n) is 16.4. The van der Waals surface area contributed by atoms with E-state index in [-0.39, 0.29) is 12.3 Å². The predicted molar refractivity (Wildman–Crippen MR) is 113 cm³/mol. The van der Waals surface area contributed by atoms with E-state index in [0.29, 0.717) is 34.2 Å². The molecule has 0 saturated heterocycles. The third-order valence-electron chi connectivity index (χ3n) is 4.43. The fourth-order valence-corrected chi connectivity index (χ4v) is 2.93. The number of nitro benzene ring substituents is 1. The van der Waals surface area contributed by atoms with Gasteiger partial charge in [0.2, 0.25) is 5.89 Å². The number of oxazole rings is 1. The van der Waals surface area contributed by atoms with Gasteiger partial charge in [-0.3, -0.25) is 14.9 Å². The van der Waals surface area contributed by atoms with E-state index >= 15 is 0 Å². The molecule has 4 rings (SSSR count). The van der Waals surface area contributed by atoms with Crippen LogP contribution in [0.3, 0.4) is 0 Å². The summed E-state index contributed by atoms with van der Waals surface area (Å²) in [5.41, 5.74) is 2.44. The molecule has 0 aliphatic rings. The Balaban J connectivity index is 1.48. The predicted octanol–water partition coefficient (Wildman–Crippen LogP) is 4.43. The molecule has 4 aromatic rings. The van der Waals surface area contributed by atoms with Crippen molar-refractivity contribution in [1.82, 2.24) is 4.98 Å². The fraction of sp³-hybridized carbons (Fsp3) is 0.0909. The SMILES string of the molecule is COc1ccc(-c2nc3ccccc3o2)cc1NC(=O)COc1ccc([N+](=O)[O-])cc1. The van der Waals surface area contributed by atoms with Gasteiger partial charge in [0.25, 0.3) is 11.6 Å². The highest BCUT2D eigenvalue weighted by Gasteiger charge is 2.14. The van der Waals surface area contributed by atoms with Crippen molar-refractivity contribution in [2.75, 3.05) is 19.0 Å². The number of anilines is 1. The summed E-state index contributed by atoms with van der Waals surface area (Å²) < 4.78 is 16.5. The number of carbonyl (C=O) groups is 1. The van der Waals surface area contributed by atoms with Crippen LogP contribution < -0.4 is 14.8 Å². The highest BCUT2D eigenvalue weighted by Crippen LogP contribution is 2.32. The lowest BCUT2D eigenvalue weighted by atomic mass is 10.2. The molecule has 1 amide bonds. The molecule has 0 aliphatic carbocycles. The van der Waals surface area contributed by atoms with Gasteiger partial charge in [-0.05, 0) is 42.5 Å². The van der Waals surface area contributed by atoms with Crippen LogP contribution in [0.1, 0.15) is 0 Å². The van der Waals surface area contributed by atoms with Crippen LogP contribution in [0.5, 0.6) is 11.5 Å². The lowest BCUT2D eigenvalue weighted by Gasteiger charge is -2.12. The Morgan fingerprint density at radius 3 is 2.61 bits per heavy atom. The summed E-state index contributed by atoms with van der Waals surface area (Å²) in [6, 6.07) is 18.1. The number of carbonyl (C=O) groups excluding carboxylic acids is 1. The molecular weight excluding hydrogens is 402 g/mol. The molecule has 0 unspecified atom stereocenters. The van der Waals surface area contributed by atoms with Gasteiger partial charge in [0.1, 0.15) is 17.0 Å². The number of fused-ring (bicyclic) bond motifs is 1. The molecule has 0 bridgehead atoms. The summed E-state index contributed by atoms with van der Waals surface area (Å²) in [6.45, 7) is -0.284. The number of hydrogen-bond donors (Lipinski definition) is 1. The monoisotopic (exact) mass is 419 g/mol. The van der Waals surface area contributed by atoms with E-state index in [1.54, 1.807) is 18.2 Å². The van der Waals surface area contributed by atoms with Crippen LogP contribution in [0.2, 0.25) is 0 Å². The molecule has 0 aliphatic heterocycles. The van der Waals surface area contributed by atoms with E-state index in [2.05, 4.69) is 10.3 Å². The molecule has 156 valence electrons. The minimum absolute atomic E-state index is 0.0578. The van der Waals surface area contributed by atoms with Crippen molar-refractivity contribution in [3.8, 4) is 23.0 Å². The number of nitrogens with zero attached hydrogens (tertiary/aromatic N) is 2. The van der Waals surface area contributed by atoms with Crippen molar-refractivity contribution in [3.05, 3.63) is 76.8 Å². The van der Waals surface area contributed by atoms with E-state index in [1.807, 2.05) is 24.3 Å². The smallest absolute Gasteiger partial charge is 0.269 e. The van der Waals surface area contributed by atoms with Gasteiger partial charge in [0.15, 0.2) is 12.2 Å². The largest absolute Gasteiger partial charge is 0.495 e. The molecule has 0 atom stereocenters. The number of nitro groups is 1. The quantitative estimate of drug-likeness (QED) is 0.348. The second-order valence-corrected chi connectivity index (χ2v) is 6.49. The second kappa shape index (κ2) is 8.54. The molecule has 9 nitrogen and oxygen atoms in total. The van der Waals surface area contributed by atoms with E-state index in [0.717, 1.165) is 5.52 Å². The van der Waals surface area contributed by atoms with Crippen LogP contribution >= 0.6 is 0 Å². The van der Waals surface area contributed by atoms with Crippen LogP contribution in [0.15, 0.2) is 71.1 Å². The first-order valence-electron chi connectivity index (χ1n) is 9.24. The standard InChI is InChI=1S/C22H17N3O6/c1-29-19-11-6-14(22-24-17-4-2-3-5-20(17)31-22)12-18(19)23-21(26)13-30-16-9-7-15(8-10-16)25(27)28/h2-12H,13H2,1H3,(H,23,26). The van der Waals surface area contributed by atoms with Gasteiger partial charge in [0.05, 0.1) is 17.7 Å². The zero-order chi connectivity index (χ0) is 21.8. The number of nitrogens with one attached hydrogen (secondary N) is 1. The third-order valence-corrected chi connectivity index (χ3v) is 4.43. The van der Waals surface area contributed by atoms with Crippen LogP contribution in [0.4, 0.5) is 11.4 Å². The Hall–Kier alpha value is -4.40. The molecule has 1 heterocycles. The summed E-state index contributed by atoms with van der Waals surface area (Å²) in [5, 5.41) is 13.4. The van der Waals surface area contributed by atoms with Crippen LogP contribution in [-0.4, -0.2) is 29.5 Å². The molecule has 0 saturated carbocycles. The van der Waals surface area contributed by atoms with Crippen molar-refractivity contribution < 1.29 is 23.6 Å². The lowest BCUT2D eigenvalue weighted by Crippen LogP contribution is -2.20. The number of non-ortho nitro benzene ring substituents is 1. The maximum atomic E-state index is 12.4. The number of rotatable bonds is 7. The molecule has 0 fully saturated rings. The summed E-state index contributed by atoms with van der Waals surface area (Å²) >= 11 is 0. The summed E-state index contributed by atoms with van der Waals surface area (Å²) in [7, 11) is 1.50. The van der Waals surface area contributed by atoms with E-state index in [1.165, 1.54) is 31.4 Å². The second-order valence-electron chi connectivity index (χ2n) is 6.49. The molecule has 31 heavy (non-hydrogen) atoms. The zero-order valence-corrected chi connectivity index (χ0v) is 16.4. The summed E-state index contributed by atoms with van der Waals surface area (Å²) in [5.74, 6) is 0.796. The van der Waals surface area contributed by atoms with Crippen molar-refractivity contribution in [3.63, 3.8) is 0 Å². The number of ether oxygens (including phenoxy) is 2. The Labute approximate surface area is 176 Å².